The first kappa shape index (κ1) is 13.6. The highest BCUT2D eigenvalue weighted by Crippen LogP contribution is 2.15. The van der Waals surface area contributed by atoms with Gasteiger partial charge in [0.05, 0.1) is 0 Å². The Bertz CT molecular complexity index is 493. The summed E-state index contributed by atoms with van der Waals surface area (Å²) in [7, 11) is 1.93. The molecule has 2 heterocycles. The second kappa shape index (κ2) is 6.38. The molecular weight excluding hydrogens is 240 g/mol. The molecule has 0 aliphatic rings. The topological polar surface area (TPSA) is 68.5 Å². The molecule has 102 valence electrons. The molecule has 0 radical (unpaired) electrons. The number of hydrogen-bond acceptors (Lipinski definition) is 5. The van der Waals surface area contributed by atoms with Gasteiger partial charge < -0.3 is 5.32 Å². The van der Waals surface area contributed by atoms with Crippen molar-refractivity contribution in [3.63, 3.8) is 0 Å². The van der Waals surface area contributed by atoms with Gasteiger partial charge in [0.15, 0.2) is 0 Å². The van der Waals surface area contributed by atoms with Gasteiger partial charge in [-0.25, -0.2) is 19.6 Å². The summed E-state index contributed by atoms with van der Waals surface area (Å²) in [5.41, 5.74) is 1.06. The third-order valence-corrected chi connectivity index (χ3v) is 2.95. The molecule has 2 aromatic heterocycles. The number of likely N-dealkylation sites (N-methyl/N-ethyl adjacent to an activating group) is 1. The lowest BCUT2D eigenvalue weighted by Crippen LogP contribution is -2.22. The van der Waals surface area contributed by atoms with E-state index in [1.807, 2.05) is 24.1 Å². The second-order valence-corrected chi connectivity index (χ2v) is 4.97. The standard InChI is InChI=1S/C13H20N6/c1-10(2)7-19-13(17-9-18-19)4-12(14-3)11-5-15-8-16-6-11/h5-6,8-10,12,14H,4,7H2,1-3H3. The Morgan fingerprint density at radius 3 is 2.58 bits per heavy atom. The van der Waals surface area contributed by atoms with Crippen LogP contribution in [0.3, 0.4) is 0 Å². The Labute approximate surface area is 113 Å². The number of hydrogen-bond donors (Lipinski definition) is 1. The molecule has 1 N–H and O–H groups in total. The van der Waals surface area contributed by atoms with Gasteiger partial charge in [0, 0.05) is 37.0 Å². The molecule has 0 saturated carbocycles. The lowest BCUT2D eigenvalue weighted by molar-refractivity contribution is 0.451. The zero-order chi connectivity index (χ0) is 13.7. The van der Waals surface area contributed by atoms with Crippen LogP contribution in [0.5, 0.6) is 0 Å². The minimum absolute atomic E-state index is 0.149. The smallest absolute Gasteiger partial charge is 0.138 e. The third-order valence-electron chi connectivity index (χ3n) is 2.95. The largest absolute Gasteiger partial charge is 0.313 e. The van der Waals surface area contributed by atoms with Crippen LogP contribution in [-0.2, 0) is 13.0 Å². The zero-order valence-corrected chi connectivity index (χ0v) is 11.6. The highest BCUT2D eigenvalue weighted by molar-refractivity contribution is 5.11. The van der Waals surface area contributed by atoms with Crippen molar-refractivity contribution in [3.8, 4) is 0 Å². The predicted molar refractivity (Wildman–Crippen MR) is 72.4 cm³/mol. The van der Waals surface area contributed by atoms with Crippen LogP contribution in [0.2, 0.25) is 0 Å². The van der Waals surface area contributed by atoms with Gasteiger partial charge in [-0.3, -0.25) is 0 Å². The first-order chi connectivity index (χ1) is 9.20. The highest BCUT2D eigenvalue weighted by Gasteiger charge is 2.15. The van der Waals surface area contributed by atoms with E-state index in [1.54, 1.807) is 6.33 Å². The minimum atomic E-state index is 0.149. The van der Waals surface area contributed by atoms with Crippen LogP contribution in [0.15, 0.2) is 25.0 Å². The highest BCUT2D eigenvalue weighted by atomic mass is 15.3. The van der Waals surface area contributed by atoms with Crippen LogP contribution in [-0.4, -0.2) is 31.8 Å². The van der Waals surface area contributed by atoms with Gasteiger partial charge in [-0.1, -0.05) is 13.8 Å². The molecule has 0 aromatic carbocycles. The minimum Gasteiger partial charge on any atom is -0.313 e. The molecule has 6 heteroatoms. The molecule has 0 saturated heterocycles. The summed E-state index contributed by atoms with van der Waals surface area (Å²) in [5, 5.41) is 7.56. The lowest BCUT2D eigenvalue weighted by atomic mass is 10.1. The fraction of sp³-hybridized carbons (Fsp3) is 0.538. The van der Waals surface area contributed by atoms with Crippen LogP contribution in [0.25, 0.3) is 0 Å². The van der Waals surface area contributed by atoms with Crippen LogP contribution in [0.4, 0.5) is 0 Å². The zero-order valence-electron chi connectivity index (χ0n) is 11.6. The van der Waals surface area contributed by atoms with Gasteiger partial charge >= 0.3 is 0 Å². The first-order valence-electron chi connectivity index (χ1n) is 6.49. The molecule has 1 unspecified atom stereocenters. The van der Waals surface area contributed by atoms with Gasteiger partial charge in [0.25, 0.3) is 0 Å². The van der Waals surface area contributed by atoms with Crippen molar-refractivity contribution in [3.05, 3.63) is 36.4 Å². The van der Waals surface area contributed by atoms with E-state index in [4.69, 9.17) is 0 Å². The van der Waals surface area contributed by atoms with E-state index in [9.17, 15) is 0 Å². The fourth-order valence-electron chi connectivity index (χ4n) is 2.00. The van der Waals surface area contributed by atoms with Gasteiger partial charge in [0.1, 0.15) is 18.5 Å². The Hall–Kier alpha value is -1.82. The summed E-state index contributed by atoms with van der Waals surface area (Å²) in [6.07, 6.45) is 7.59. The molecule has 0 fully saturated rings. The number of nitrogens with zero attached hydrogens (tertiary/aromatic N) is 5. The average Bonchev–Trinajstić information content (AvgIpc) is 2.83. The molecule has 2 rings (SSSR count). The Morgan fingerprint density at radius 2 is 1.95 bits per heavy atom. The molecule has 0 bridgehead atoms. The van der Waals surface area contributed by atoms with Crippen LogP contribution in [0.1, 0.15) is 31.3 Å². The van der Waals surface area contributed by atoms with Crippen molar-refractivity contribution in [1.29, 1.82) is 0 Å². The predicted octanol–water partition coefficient (Wildman–Crippen LogP) is 1.23. The summed E-state index contributed by atoms with van der Waals surface area (Å²) in [4.78, 5) is 12.5. The normalized spacial score (nSPS) is 12.8. The molecule has 19 heavy (non-hydrogen) atoms. The summed E-state index contributed by atoms with van der Waals surface area (Å²) < 4.78 is 1.97. The number of nitrogens with one attached hydrogen (secondary N) is 1. The molecule has 0 aliphatic carbocycles. The maximum atomic E-state index is 4.35. The van der Waals surface area contributed by atoms with Crippen molar-refractivity contribution in [2.24, 2.45) is 5.92 Å². The van der Waals surface area contributed by atoms with Gasteiger partial charge in [0.2, 0.25) is 0 Å². The van der Waals surface area contributed by atoms with Crippen molar-refractivity contribution in [1.82, 2.24) is 30.0 Å². The van der Waals surface area contributed by atoms with E-state index in [-0.39, 0.29) is 6.04 Å². The summed E-state index contributed by atoms with van der Waals surface area (Å²) in [6, 6.07) is 0.149. The summed E-state index contributed by atoms with van der Waals surface area (Å²) in [5.74, 6) is 1.53. The summed E-state index contributed by atoms with van der Waals surface area (Å²) in [6.45, 7) is 5.23. The maximum absolute atomic E-state index is 4.35. The van der Waals surface area contributed by atoms with Gasteiger partial charge in [-0.05, 0) is 13.0 Å². The van der Waals surface area contributed by atoms with Crippen LogP contribution in [0, 0.1) is 5.92 Å². The summed E-state index contributed by atoms with van der Waals surface area (Å²) >= 11 is 0. The van der Waals surface area contributed by atoms with E-state index < -0.39 is 0 Å². The van der Waals surface area contributed by atoms with Gasteiger partial charge in [-0.15, -0.1) is 0 Å². The molecule has 1 atom stereocenters. The second-order valence-electron chi connectivity index (χ2n) is 4.97. The van der Waals surface area contributed by atoms with Crippen LogP contribution >= 0.6 is 0 Å². The molecule has 6 nitrogen and oxygen atoms in total. The van der Waals surface area contributed by atoms with E-state index >= 15 is 0 Å². The monoisotopic (exact) mass is 260 g/mol. The van der Waals surface area contributed by atoms with E-state index in [1.165, 1.54) is 6.33 Å². The average molecular weight is 260 g/mol. The fourth-order valence-corrected chi connectivity index (χ4v) is 2.00. The van der Waals surface area contributed by atoms with E-state index in [0.717, 1.165) is 24.4 Å². The Balaban J connectivity index is 2.13. The van der Waals surface area contributed by atoms with Gasteiger partial charge in [-0.2, -0.15) is 5.10 Å². The van der Waals surface area contributed by atoms with Crippen molar-refractivity contribution in [2.75, 3.05) is 7.05 Å². The van der Waals surface area contributed by atoms with Crippen molar-refractivity contribution in [2.45, 2.75) is 32.9 Å². The molecule has 0 spiro atoms. The van der Waals surface area contributed by atoms with E-state index in [0.29, 0.717) is 5.92 Å². The molecule has 2 aromatic rings. The SMILES string of the molecule is CNC(Cc1ncnn1CC(C)C)c1cncnc1. The first-order valence-corrected chi connectivity index (χ1v) is 6.49. The maximum Gasteiger partial charge on any atom is 0.138 e. The quantitative estimate of drug-likeness (QED) is 0.846. The number of rotatable bonds is 6. The van der Waals surface area contributed by atoms with Crippen molar-refractivity contribution < 1.29 is 0 Å². The third kappa shape index (κ3) is 3.57. The van der Waals surface area contributed by atoms with E-state index in [2.05, 4.69) is 39.2 Å². The Kier molecular flexibility index (Phi) is 4.57. The molecular formula is C13H20N6. The lowest BCUT2D eigenvalue weighted by Gasteiger charge is -2.16. The molecule has 0 aliphatic heterocycles. The Morgan fingerprint density at radius 1 is 1.21 bits per heavy atom. The number of aromatic nitrogens is 5. The van der Waals surface area contributed by atoms with Crippen molar-refractivity contribution >= 4 is 0 Å². The van der Waals surface area contributed by atoms with Crippen LogP contribution < -0.4 is 5.32 Å². The molecule has 0 amide bonds.